The number of methoxy groups -OCH3 is 2. The third kappa shape index (κ3) is 6.05. The average Bonchev–Trinajstić information content (AvgIpc) is 2.92. The van der Waals surface area contributed by atoms with E-state index in [0.29, 0.717) is 36.1 Å². The largest absolute Gasteiger partial charge is 0.497 e. The first-order chi connectivity index (χ1) is 18.2. The number of anilines is 2. The second kappa shape index (κ2) is 11.2. The average molecular weight is 531 g/mol. The van der Waals surface area contributed by atoms with Crippen LogP contribution in [0.25, 0.3) is 0 Å². The minimum atomic E-state index is -4.62. The number of aromatic nitrogens is 2. The molecule has 1 aromatic heterocycles. The van der Waals surface area contributed by atoms with Gasteiger partial charge in [-0.05, 0) is 30.3 Å². The molecule has 1 fully saturated rings. The van der Waals surface area contributed by atoms with Gasteiger partial charge in [-0.25, -0.2) is 4.79 Å². The summed E-state index contributed by atoms with van der Waals surface area (Å²) in [5.41, 5.74) is -0.992. The van der Waals surface area contributed by atoms with E-state index in [4.69, 9.17) is 14.2 Å². The molecule has 38 heavy (non-hydrogen) atoms. The van der Waals surface area contributed by atoms with E-state index < -0.39 is 23.7 Å². The van der Waals surface area contributed by atoms with Crippen LogP contribution in [0.2, 0.25) is 0 Å². The van der Waals surface area contributed by atoms with Gasteiger partial charge in [-0.3, -0.25) is 10.1 Å². The van der Waals surface area contributed by atoms with E-state index in [1.54, 1.807) is 24.3 Å². The Labute approximate surface area is 215 Å². The maximum Gasteiger partial charge on any atom is 0.418 e. The zero-order chi connectivity index (χ0) is 27.3. The molecule has 1 saturated heterocycles. The minimum Gasteiger partial charge on any atom is -0.497 e. The number of nitrogens with zero attached hydrogens (tertiary/aromatic N) is 4. The van der Waals surface area contributed by atoms with Crippen LogP contribution < -0.4 is 24.4 Å². The monoisotopic (exact) mass is 531 g/mol. The summed E-state index contributed by atoms with van der Waals surface area (Å²) < 4.78 is 55.5. The topological polar surface area (TPSA) is 106 Å². The molecule has 0 unspecified atom stereocenters. The van der Waals surface area contributed by atoms with Crippen LogP contribution in [0.4, 0.5) is 29.5 Å². The van der Waals surface area contributed by atoms with Crippen LogP contribution in [0, 0.1) is 0 Å². The second-order valence-corrected chi connectivity index (χ2v) is 8.13. The first-order valence-electron chi connectivity index (χ1n) is 11.4. The van der Waals surface area contributed by atoms with Crippen LogP contribution >= 0.6 is 0 Å². The number of rotatable bonds is 6. The molecular formula is C25H24F3N5O5. The number of carbonyl (C=O) groups excluding carboxylic acids is 2. The lowest BCUT2D eigenvalue weighted by molar-refractivity contribution is -0.138. The Morgan fingerprint density at radius 1 is 0.921 bits per heavy atom. The Bertz CT molecular complexity index is 1300. The van der Waals surface area contributed by atoms with Gasteiger partial charge >= 0.3 is 12.3 Å². The van der Waals surface area contributed by atoms with Crippen molar-refractivity contribution in [2.75, 3.05) is 50.6 Å². The third-order valence-electron chi connectivity index (χ3n) is 5.82. The molecule has 3 aromatic rings. The van der Waals surface area contributed by atoms with Gasteiger partial charge in [0.05, 0.1) is 31.0 Å². The summed E-state index contributed by atoms with van der Waals surface area (Å²) in [7, 11) is 2.95. The highest BCUT2D eigenvalue weighted by Crippen LogP contribution is 2.33. The lowest BCUT2D eigenvalue weighted by atomic mass is 10.1. The number of carbonyl (C=O) groups is 2. The number of piperazine rings is 1. The van der Waals surface area contributed by atoms with E-state index in [1.165, 1.54) is 43.4 Å². The van der Waals surface area contributed by atoms with Gasteiger partial charge in [0.15, 0.2) is 5.82 Å². The lowest BCUT2D eigenvalue weighted by Gasteiger charge is -2.35. The number of halogens is 3. The Hall–Kier alpha value is -4.55. The van der Waals surface area contributed by atoms with Gasteiger partial charge in [0.1, 0.15) is 11.5 Å². The van der Waals surface area contributed by atoms with Crippen molar-refractivity contribution < 1.29 is 37.0 Å². The van der Waals surface area contributed by atoms with Crippen molar-refractivity contribution in [1.29, 1.82) is 0 Å². The predicted molar refractivity (Wildman–Crippen MR) is 131 cm³/mol. The van der Waals surface area contributed by atoms with Crippen molar-refractivity contribution in [1.82, 2.24) is 15.1 Å². The Kier molecular flexibility index (Phi) is 7.84. The molecule has 2 amide bonds. The van der Waals surface area contributed by atoms with Gasteiger partial charge in [0, 0.05) is 38.3 Å². The van der Waals surface area contributed by atoms with Gasteiger partial charge in [0.25, 0.3) is 5.91 Å². The van der Waals surface area contributed by atoms with E-state index in [-0.39, 0.29) is 24.5 Å². The molecule has 1 aliphatic heterocycles. The maximum atomic E-state index is 13.3. The molecule has 0 radical (unpaired) electrons. The number of benzene rings is 2. The van der Waals surface area contributed by atoms with Crippen LogP contribution in [0.1, 0.15) is 15.9 Å². The molecule has 1 N–H and O–H groups in total. The zero-order valence-electron chi connectivity index (χ0n) is 20.5. The summed E-state index contributed by atoms with van der Waals surface area (Å²) in [6, 6.07) is 12.7. The van der Waals surface area contributed by atoms with E-state index in [2.05, 4.69) is 15.5 Å². The molecule has 0 bridgehead atoms. The lowest BCUT2D eigenvalue weighted by Crippen LogP contribution is -2.49. The summed E-state index contributed by atoms with van der Waals surface area (Å²) >= 11 is 0. The fraction of sp³-hybridized carbons (Fsp3) is 0.280. The number of nitrogens with one attached hydrogen (secondary N) is 1. The molecule has 0 atom stereocenters. The highest BCUT2D eigenvalue weighted by molar-refractivity contribution is 5.96. The third-order valence-corrected chi connectivity index (χ3v) is 5.82. The highest BCUT2D eigenvalue weighted by atomic mass is 19.4. The summed E-state index contributed by atoms with van der Waals surface area (Å²) in [6.45, 7) is 1.08. The van der Waals surface area contributed by atoms with Crippen LogP contribution in [-0.2, 0) is 6.18 Å². The molecule has 4 rings (SSSR count). The van der Waals surface area contributed by atoms with Crippen molar-refractivity contribution in [2.45, 2.75) is 6.18 Å². The van der Waals surface area contributed by atoms with Crippen LogP contribution in [-0.4, -0.2) is 67.5 Å². The predicted octanol–water partition coefficient (Wildman–Crippen LogP) is 4.09. The molecule has 13 heteroatoms. The van der Waals surface area contributed by atoms with Crippen molar-refractivity contribution in [3.8, 4) is 17.4 Å². The van der Waals surface area contributed by atoms with Gasteiger partial charge < -0.3 is 24.0 Å². The molecule has 200 valence electrons. The van der Waals surface area contributed by atoms with Gasteiger partial charge in [-0.2, -0.15) is 13.2 Å². The Morgan fingerprint density at radius 3 is 2.29 bits per heavy atom. The smallest absolute Gasteiger partial charge is 0.418 e. The van der Waals surface area contributed by atoms with Gasteiger partial charge in [0.2, 0.25) is 5.88 Å². The molecule has 0 saturated carbocycles. The first kappa shape index (κ1) is 26.5. The van der Waals surface area contributed by atoms with Crippen molar-refractivity contribution >= 4 is 23.5 Å². The maximum absolute atomic E-state index is 13.3. The summed E-state index contributed by atoms with van der Waals surface area (Å²) in [4.78, 5) is 28.3. The normalized spacial score (nSPS) is 13.6. The zero-order valence-corrected chi connectivity index (χ0v) is 20.5. The summed E-state index contributed by atoms with van der Waals surface area (Å²) in [5.74, 6) is 0.659. The molecular weight excluding hydrogens is 507 g/mol. The highest BCUT2D eigenvalue weighted by Gasteiger charge is 2.36. The first-order valence-corrected chi connectivity index (χ1v) is 11.4. The Balaban J connectivity index is 1.34. The van der Waals surface area contributed by atoms with Gasteiger partial charge in [-0.1, -0.05) is 12.1 Å². The fourth-order valence-corrected chi connectivity index (χ4v) is 3.90. The molecule has 2 aromatic carbocycles. The standard InChI is InChI=1S/C25H24F3N5O5/c1-36-16-7-8-20(37-2)19(15-16)29-24(35)38-22-10-9-21(30-31-22)32-11-13-33(14-12-32)23(34)17-5-3-4-6-18(17)25(26,27)28/h3-10,15H,11-14H2,1-2H3,(H,29,35). The van der Waals surface area contributed by atoms with Crippen molar-refractivity contribution in [2.24, 2.45) is 0 Å². The molecule has 0 aliphatic carbocycles. The van der Waals surface area contributed by atoms with Crippen molar-refractivity contribution in [3.63, 3.8) is 0 Å². The van der Waals surface area contributed by atoms with Crippen LogP contribution in [0.3, 0.4) is 0 Å². The molecule has 10 nitrogen and oxygen atoms in total. The summed E-state index contributed by atoms with van der Waals surface area (Å²) in [5, 5.41) is 10.5. The van der Waals surface area contributed by atoms with Crippen LogP contribution in [0.5, 0.6) is 17.4 Å². The van der Waals surface area contributed by atoms with Crippen molar-refractivity contribution in [3.05, 3.63) is 65.7 Å². The number of ether oxygens (including phenoxy) is 3. The number of amides is 2. The fourth-order valence-electron chi connectivity index (χ4n) is 3.90. The van der Waals surface area contributed by atoms with E-state index in [1.807, 2.05) is 4.90 Å². The van der Waals surface area contributed by atoms with E-state index in [9.17, 15) is 22.8 Å². The number of hydrogen-bond donors (Lipinski definition) is 1. The number of hydrogen-bond acceptors (Lipinski definition) is 8. The second-order valence-electron chi connectivity index (χ2n) is 8.13. The van der Waals surface area contributed by atoms with E-state index >= 15 is 0 Å². The molecule has 2 heterocycles. The summed E-state index contributed by atoms with van der Waals surface area (Å²) in [6.07, 6.45) is -5.44. The number of alkyl halides is 3. The minimum absolute atomic E-state index is 0.0503. The van der Waals surface area contributed by atoms with Crippen LogP contribution in [0.15, 0.2) is 54.6 Å². The quantitative estimate of drug-likeness (QED) is 0.507. The van der Waals surface area contributed by atoms with E-state index in [0.717, 1.165) is 6.07 Å². The van der Waals surface area contributed by atoms with Gasteiger partial charge in [-0.15, -0.1) is 10.2 Å². The molecule has 1 aliphatic rings. The molecule has 0 spiro atoms. The Morgan fingerprint density at radius 2 is 1.66 bits per heavy atom. The SMILES string of the molecule is COc1ccc(OC)c(NC(=O)Oc2ccc(N3CCN(C(=O)c4ccccc4C(F)(F)F)CC3)nn2)c1.